The maximum absolute atomic E-state index is 13.0. The summed E-state index contributed by atoms with van der Waals surface area (Å²) in [5, 5.41) is 8.91. The molecule has 0 atom stereocenters. The first kappa shape index (κ1) is 21.0. The lowest BCUT2D eigenvalue weighted by Crippen LogP contribution is -2.41. The van der Waals surface area contributed by atoms with Gasteiger partial charge in [0.25, 0.3) is 10.0 Å². The topological polar surface area (TPSA) is 105 Å². The summed E-state index contributed by atoms with van der Waals surface area (Å²) in [5.74, 6) is 0.400. The number of carbonyl (C=O) groups excluding carboxylic acids is 1. The van der Waals surface area contributed by atoms with Gasteiger partial charge in [0.15, 0.2) is 0 Å². The minimum Gasteiger partial charge on any atom is -0.339 e. The molecule has 2 aromatic heterocycles. The highest BCUT2D eigenvalue weighted by molar-refractivity contribution is 7.91. The third-order valence-electron chi connectivity index (χ3n) is 4.87. The zero-order valence-corrected chi connectivity index (χ0v) is 18.4. The molecule has 1 fully saturated rings. The number of rotatable bonds is 5. The fourth-order valence-corrected chi connectivity index (χ4v) is 6.25. The number of hydrogen-bond acceptors (Lipinski definition) is 7. The zero-order valence-electron chi connectivity index (χ0n) is 16.0. The predicted molar refractivity (Wildman–Crippen MR) is 114 cm³/mol. The van der Waals surface area contributed by atoms with Gasteiger partial charge in [0.2, 0.25) is 17.6 Å². The highest BCUT2D eigenvalue weighted by Gasteiger charge is 2.33. The Hall–Kier alpha value is -2.27. The Labute approximate surface area is 182 Å². The second-order valence-corrected chi connectivity index (χ2v) is 10.5. The van der Waals surface area contributed by atoms with Gasteiger partial charge >= 0.3 is 0 Å². The van der Waals surface area contributed by atoms with Crippen molar-refractivity contribution in [2.45, 2.75) is 24.0 Å². The van der Waals surface area contributed by atoms with E-state index in [-0.39, 0.29) is 29.1 Å². The third kappa shape index (κ3) is 4.41. The van der Waals surface area contributed by atoms with E-state index in [0.29, 0.717) is 40.8 Å². The lowest BCUT2D eigenvalue weighted by molar-refractivity contribution is -0.120. The summed E-state index contributed by atoms with van der Waals surface area (Å²) < 4.78 is 32.6. The maximum Gasteiger partial charge on any atom is 0.252 e. The number of sulfonamides is 1. The fourth-order valence-electron chi connectivity index (χ4n) is 3.28. The minimum absolute atomic E-state index is 0.125. The van der Waals surface area contributed by atoms with Crippen LogP contribution in [0.25, 0.3) is 11.4 Å². The number of amides is 1. The van der Waals surface area contributed by atoms with E-state index in [0.717, 1.165) is 11.3 Å². The smallest absolute Gasteiger partial charge is 0.252 e. The van der Waals surface area contributed by atoms with E-state index < -0.39 is 10.0 Å². The van der Waals surface area contributed by atoms with Gasteiger partial charge in [-0.3, -0.25) is 4.79 Å². The summed E-state index contributed by atoms with van der Waals surface area (Å²) in [6, 6.07) is 8.50. The van der Waals surface area contributed by atoms with Gasteiger partial charge in [0.1, 0.15) is 4.21 Å². The molecule has 3 aromatic rings. The van der Waals surface area contributed by atoms with E-state index in [2.05, 4.69) is 15.5 Å². The van der Waals surface area contributed by atoms with Crippen molar-refractivity contribution in [2.24, 2.45) is 5.92 Å². The normalized spacial score (nSPS) is 15.9. The lowest BCUT2D eigenvalue weighted by Gasteiger charge is -2.30. The van der Waals surface area contributed by atoms with Crippen molar-refractivity contribution in [2.75, 3.05) is 18.4 Å². The van der Waals surface area contributed by atoms with Crippen LogP contribution in [0.4, 0.5) is 5.69 Å². The average Bonchev–Trinajstić information content (AvgIpc) is 3.37. The molecular formula is C19H19ClN4O4S2. The van der Waals surface area contributed by atoms with Gasteiger partial charge in [0.05, 0.1) is 0 Å². The molecule has 3 heterocycles. The Bertz CT molecular complexity index is 1170. The summed E-state index contributed by atoms with van der Waals surface area (Å²) in [7, 11) is -3.64. The first-order valence-corrected chi connectivity index (χ1v) is 12.0. The van der Waals surface area contributed by atoms with Gasteiger partial charge in [-0.1, -0.05) is 22.8 Å². The van der Waals surface area contributed by atoms with E-state index in [1.165, 1.54) is 4.31 Å². The third-order valence-corrected chi connectivity index (χ3v) is 8.42. The molecule has 8 nitrogen and oxygen atoms in total. The molecule has 0 aliphatic carbocycles. The number of thiophene rings is 1. The van der Waals surface area contributed by atoms with Crippen LogP contribution in [0.2, 0.25) is 5.02 Å². The fraction of sp³-hybridized carbons (Fsp3) is 0.316. The number of carbonyl (C=O) groups is 1. The van der Waals surface area contributed by atoms with Crippen LogP contribution in [0.3, 0.4) is 0 Å². The first-order valence-electron chi connectivity index (χ1n) is 9.29. The molecule has 0 spiro atoms. The molecule has 1 aliphatic heterocycles. The van der Waals surface area contributed by atoms with E-state index in [1.807, 2.05) is 0 Å². The molecule has 1 N–H and O–H groups in total. The Balaban J connectivity index is 1.39. The summed E-state index contributed by atoms with van der Waals surface area (Å²) in [4.78, 5) is 16.7. The van der Waals surface area contributed by atoms with E-state index >= 15 is 0 Å². The van der Waals surface area contributed by atoms with Gasteiger partial charge in [0, 0.05) is 47.6 Å². The van der Waals surface area contributed by atoms with Crippen LogP contribution in [0.15, 0.2) is 44.4 Å². The van der Waals surface area contributed by atoms with Crippen molar-refractivity contribution in [1.82, 2.24) is 14.4 Å². The minimum atomic E-state index is -3.64. The van der Waals surface area contributed by atoms with Crippen LogP contribution >= 0.6 is 22.9 Å². The average molecular weight is 467 g/mol. The van der Waals surface area contributed by atoms with Crippen molar-refractivity contribution < 1.29 is 17.7 Å². The largest absolute Gasteiger partial charge is 0.339 e. The van der Waals surface area contributed by atoms with Crippen LogP contribution in [-0.4, -0.2) is 41.9 Å². The SMILES string of the molecule is Cc1nc(-c2csc(S(=O)(=O)N3CCC(C(=O)Nc4cccc(Cl)c4)CC3)c2)no1. The highest BCUT2D eigenvalue weighted by atomic mass is 35.5. The number of aromatic nitrogens is 2. The van der Waals surface area contributed by atoms with Crippen molar-refractivity contribution in [1.29, 1.82) is 0 Å². The van der Waals surface area contributed by atoms with Crippen molar-refractivity contribution in [3.63, 3.8) is 0 Å². The van der Waals surface area contributed by atoms with Crippen LogP contribution in [-0.2, 0) is 14.8 Å². The predicted octanol–water partition coefficient (Wildman–Crippen LogP) is 3.80. The maximum atomic E-state index is 13.0. The summed E-state index contributed by atoms with van der Waals surface area (Å²) in [6.45, 7) is 2.24. The molecule has 1 saturated heterocycles. The van der Waals surface area contributed by atoms with Crippen LogP contribution in [0.5, 0.6) is 0 Å². The number of hydrogen-bond donors (Lipinski definition) is 1. The van der Waals surface area contributed by atoms with E-state index in [1.54, 1.807) is 42.6 Å². The molecular weight excluding hydrogens is 448 g/mol. The molecule has 1 aliphatic rings. The van der Waals surface area contributed by atoms with Crippen molar-refractivity contribution in [3.8, 4) is 11.4 Å². The number of aryl methyl sites for hydroxylation is 1. The van der Waals surface area contributed by atoms with Gasteiger partial charge in [-0.15, -0.1) is 11.3 Å². The van der Waals surface area contributed by atoms with Gasteiger partial charge in [-0.2, -0.15) is 9.29 Å². The molecule has 4 rings (SSSR count). The quantitative estimate of drug-likeness (QED) is 0.613. The number of piperidine rings is 1. The first-order chi connectivity index (χ1) is 14.3. The number of anilines is 1. The van der Waals surface area contributed by atoms with E-state index in [4.69, 9.17) is 16.1 Å². The Morgan fingerprint density at radius 1 is 1.30 bits per heavy atom. The Morgan fingerprint density at radius 2 is 2.07 bits per heavy atom. The molecule has 0 bridgehead atoms. The molecule has 0 unspecified atom stereocenters. The standard InChI is InChI=1S/C19H19ClN4O4S2/c1-12-21-18(23-28-12)14-9-17(29-11-14)30(26,27)24-7-5-13(6-8-24)19(25)22-16-4-2-3-15(20)10-16/h2-4,9-11,13H,5-8H2,1H3,(H,22,25). The van der Waals surface area contributed by atoms with Gasteiger partial charge in [-0.25, -0.2) is 8.42 Å². The van der Waals surface area contributed by atoms with Crippen LogP contribution in [0.1, 0.15) is 18.7 Å². The van der Waals surface area contributed by atoms with Gasteiger partial charge < -0.3 is 9.84 Å². The summed E-state index contributed by atoms with van der Waals surface area (Å²) in [5.41, 5.74) is 1.23. The number of halogens is 1. The van der Waals surface area contributed by atoms with E-state index in [9.17, 15) is 13.2 Å². The molecule has 30 heavy (non-hydrogen) atoms. The highest BCUT2D eigenvalue weighted by Crippen LogP contribution is 2.31. The monoisotopic (exact) mass is 466 g/mol. The Morgan fingerprint density at radius 3 is 2.73 bits per heavy atom. The second kappa shape index (κ2) is 8.46. The Kier molecular flexibility index (Phi) is 5.92. The molecule has 1 aromatic carbocycles. The molecule has 158 valence electrons. The molecule has 0 saturated carbocycles. The number of benzene rings is 1. The van der Waals surface area contributed by atoms with Crippen LogP contribution in [0, 0.1) is 12.8 Å². The summed E-state index contributed by atoms with van der Waals surface area (Å²) >= 11 is 7.07. The van der Waals surface area contributed by atoms with Gasteiger partial charge in [-0.05, 0) is 37.1 Å². The molecule has 11 heteroatoms. The van der Waals surface area contributed by atoms with Crippen molar-refractivity contribution in [3.05, 3.63) is 46.6 Å². The number of nitrogens with one attached hydrogen (secondary N) is 1. The zero-order chi connectivity index (χ0) is 21.3. The number of nitrogens with zero attached hydrogens (tertiary/aromatic N) is 3. The molecule has 0 radical (unpaired) electrons. The molecule has 1 amide bonds. The van der Waals surface area contributed by atoms with Crippen LogP contribution < -0.4 is 5.32 Å². The lowest BCUT2D eigenvalue weighted by atomic mass is 9.97. The summed E-state index contributed by atoms with van der Waals surface area (Å²) in [6.07, 6.45) is 0.905. The second-order valence-electron chi connectivity index (χ2n) is 6.97. The van der Waals surface area contributed by atoms with Crippen molar-refractivity contribution >= 4 is 44.6 Å².